The van der Waals surface area contributed by atoms with Crippen molar-refractivity contribution in [3.05, 3.63) is 17.5 Å². The molecule has 1 aromatic heterocycles. The van der Waals surface area contributed by atoms with Crippen LogP contribution in [0.15, 0.2) is 6.07 Å². The number of hydrogen-bond donors (Lipinski definition) is 1. The highest BCUT2D eigenvalue weighted by Crippen LogP contribution is 2.15. The molecule has 0 saturated carbocycles. The minimum absolute atomic E-state index is 0.616. The minimum atomic E-state index is 0.616. The molecule has 3 nitrogen and oxygen atoms in total. The molecule has 0 fully saturated rings. The van der Waals surface area contributed by atoms with Gasteiger partial charge >= 0.3 is 0 Å². The van der Waals surface area contributed by atoms with Gasteiger partial charge in [-0.15, -0.1) is 0 Å². The van der Waals surface area contributed by atoms with Crippen molar-refractivity contribution in [2.75, 3.05) is 6.54 Å². The summed E-state index contributed by atoms with van der Waals surface area (Å²) in [5, 5.41) is 8.18. The number of aromatic nitrogens is 2. The van der Waals surface area contributed by atoms with Crippen molar-refractivity contribution < 1.29 is 0 Å². The molecule has 0 amide bonds. The lowest BCUT2D eigenvalue weighted by Gasteiger charge is -2.24. The Kier molecular flexibility index (Phi) is 6.41. The molecule has 0 spiro atoms. The Hall–Kier alpha value is -0.830. The normalized spacial score (nSPS) is 14.7. The van der Waals surface area contributed by atoms with Crippen LogP contribution < -0.4 is 5.32 Å². The third-order valence-electron chi connectivity index (χ3n) is 3.70. The van der Waals surface area contributed by atoms with Crippen LogP contribution in [-0.2, 0) is 19.9 Å². The molecule has 1 aromatic rings. The van der Waals surface area contributed by atoms with E-state index in [2.05, 4.69) is 51.2 Å². The van der Waals surface area contributed by atoms with Gasteiger partial charge in [0.25, 0.3) is 0 Å². The van der Waals surface area contributed by atoms with Gasteiger partial charge in [0.1, 0.15) is 0 Å². The molecule has 0 aliphatic rings. The van der Waals surface area contributed by atoms with E-state index in [-0.39, 0.29) is 0 Å². The molecular formula is C15H29N3. The highest BCUT2D eigenvalue weighted by Gasteiger charge is 2.17. The molecule has 0 aliphatic heterocycles. The molecule has 1 rings (SSSR count). The van der Waals surface area contributed by atoms with E-state index in [4.69, 9.17) is 0 Å². The minimum Gasteiger partial charge on any atom is -0.314 e. The standard InChI is InChI=1S/C15H29N3/c1-6-9-16-15(8-3)12(4)10-14-11-13(7-2)17-18(14)5/h11-12,15-16H,6-10H2,1-5H3. The Morgan fingerprint density at radius 3 is 2.56 bits per heavy atom. The van der Waals surface area contributed by atoms with Gasteiger partial charge in [0, 0.05) is 18.8 Å². The Morgan fingerprint density at radius 1 is 1.33 bits per heavy atom. The average Bonchev–Trinajstić information content (AvgIpc) is 2.71. The van der Waals surface area contributed by atoms with E-state index in [0.29, 0.717) is 12.0 Å². The average molecular weight is 251 g/mol. The van der Waals surface area contributed by atoms with Gasteiger partial charge in [-0.05, 0) is 44.2 Å². The van der Waals surface area contributed by atoms with Crippen molar-refractivity contribution in [3.63, 3.8) is 0 Å². The summed E-state index contributed by atoms with van der Waals surface area (Å²) in [6, 6.07) is 2.87. The van der Waals surface area contributed by atoms with Gasteiger partial charge in [-0.25, -0.2) is 0 Å². The number of nitrogens with zero attached hydrogens (tertiary/aromatic N) is 2. The molecule has 2 unspecified atom stereocenters. The summed E-state index contributed by atoms with van der Waals surface area (Å²) in [5.41, 5.74) is 2.56. The second kappa shape index (κ2) is 7.57. The van der Waals surface area contributed by atoms with Crippen LogP contribution in [0.5, 0.6) is 0 Å². The van der Waals surface area contributed by atoms with Crippen LogP contribution in [-0.4, -0.2) is 22.4 Å². The highest BCUT2D eigenvalue weighted by atomic mass is 15.3. The second-order valence-corrected chi connectivity index (χ2v) is 5.25. The van der Waals surface area contributed by atoms with E-state index < -0.39 is 0 Å². The van der Waals surface area contributed by atoms with Crippen molar-refractivity contribution in [1.82, 2.24) is 15.1 Å². The first kappa shape index (κ1) is 15.2. The first-order valence-electron chi connectivity index (χ1n) is 7.37. The first-order chi connectivity index (χ1) is 8.62. The summed E-state index contributed by atoms with van der Waals surface area (Å²) in [6.07, 6.45) is 4.53. The van der Waals surface area contributed by atoms with Crippen LogP contribution in [0.2, 0.25) is 0 Å². The second-order valence-electron chi connectivity index (χ2n) is 5.25. The molecular weight excluding hydrogens is 222 g/mol. The van der Waals surface area contributed by atoms with Crippen LogP contribution in [0.4, 0.5) is 0 Å². The quantitative estimate of drug-likeness (QED) is 0.770. The summed E-state index contributed by atoms with van der Waals surface area (Å²) in [5.74, 6) is 0.654. The number of nitrogens with one attached hydrogen (secondary N) is 1. The third-order valence-corrected chi connectivity index (χ3v) is 3.70. The molecule has 0 radical (unpaired) electrons. The van der Waals surface area contributed by atoms with Crippen molar-refractivity contribution in [3.8, 4) is 0 Å². The van der Waals surface area contributed by atoms with Crippen LogP contribution in [0.1, 0.15) is 51.9 Å². The lowest BCUT2D eigenvalue weighted by atomic mass is 9.94. The van der Waals surface area contributed by atoms with Crippen LogP contribution >= 0.6 is 0 Å². The van der Waals surface area contributed by atoms with E-state index in [9.17, 15) is 0 Å². The highest BCUT2D eigenvalue weighted by molar-refractivity contribution is 5.11. The fraction of sp³-hybridized carbons (Fsp3) is 0.800. The van der Waals surface area contributed by atoms with Crippen molar-refractivity contribution >= 4 is 0 Å². The van der Waals surface area contributed by atoms with E-state index in [1.54, 1.807) is 0 Å². The third kappa shape index (κ3) is 4.13. The summed E-state index contributed by atoms with van der Waals surface area (Å²) in [7, 11) is 2.06. The molecule has 3 heteroatoms. The zero-order chi connectivity index (χ0) is 13.5. The fourth-order valence-corrected chi connectivity index (χ4v) is 2.49. The predicted octanol–water partition coefficient (Wildman–Crippen LogP) is 2.94. The van der Waals surface area contributed by atoms with Gasteiger partial charge in [0.05, 0.1) is 5.69 Å². The van der Waals surface area contributed by atoms with E-state index in [1.165, 1.54) is 24.2 Å². The molecule has 0 saturated heterocycles. The lowest BCUT2D eigenvalue weighted by Crippen LogP contribution is -2.36. The molecule has 2 atom stereocenters. The van der Waals surface area contributed by atoms with Crippen LogP contribution in [0, 0.1) is 5.92 Å². The van der Waals surface area contributed by atoms with Crippen molar-refractivity contribution in [1.29, 1.82) is 0 Å². The first-order valence-corrected chi connectivity index (χ1v) is 7.37. The molecule has 0 bridgehead atoms. The predicted molar refractivity (Wildman–Crippen MR) is 77.8 cm³/mol. The van der Waals surface area contributed by atoms with Crippen LogP contribution in [0.3, 0.4) is 0 Å². The molecule has 104 valence electrons. The molecule has 0 aliphatic carbocycles. The largest absolute Gasteiger partial charge is 0.314 e. The maximum absolute atomic E-state index is 4.53. The molecule has 0 aromatic carbocycles. The molecule has 1 N–H and O–H groups in total. The van der Waals surface area contributed by atoms with Gasteiger partial charge < -0.3 is 5.32 Å². The Labute approximate surface area is 112 Å². The van der Waals surface area contributed by atoms with Gasteiger partial charge in [0.2, 0.25) is 0 Å². The number of rotatable bonds is 8. The summed E-state index contributed by atoms with van der Waals surface area (Å²) < 4.78 is 2.04. The van der Waals surface area contributed by atoms with E-state index >= 15 is 0 Å². The zero-order valence-corrected chi connectivity index (χ0v) is 12.7. The van der Waals surface area contributed by atoms with Gasteiger partial charge in [-0.2, -0.15) is 5.10 Å². The number of hydrogen-bond acceptors (Lipinski definition) is 2. The van der Waals surface area contributed by atoms with E-state index in [1.807, 2.05) is 4.68 Å². The van der Waals surface area contributed by atoms with Gasteiger partial charge in [0.15, 0.2) is 0 Å². The monoisotopic (exact) mass is 251 g/mol. The molecule has 18 heavy (non-hydrogen) atoms. The summed E-state index contributed by atoms with van der Waals surface area (Å²) in [4.78, 5) is 0. The van der Waals surface area contributed by atoms with Crippen molar-refractivity contribution in [2.45, 2.75) is 59.4 Å². The Balaban J connectivity index is 2.60. The Bertz CT molecular complexity index is 344. The van der Waals surface area contributed by atoms with E-state index in [0.717, 1.165) is 19.4 Å². The maximum atomic E-state index is 4.53. The zero-order valence-electron chi connectivity index (χ0n) is 12.7. The van der Waals surface area contributed by atoms with Gasteiger partial charge in [-0.3, -0.25) is 4.68 Å². The lowest BCUT2D eigenvalue weighted by molar-refractivity contribution is 0.359. The van der Waals surface area contributed by atoms with Crippen molar-refractivity contribution in [2.24, 2.45) is 13.0 Å². The number of aryl methyl sites for hydroxylation is 2. The Morgan fingerprint density at radius 2 is 2.06 bits per heavy atom. The topological polar surface area (TPSA) is 29.9 Å². The van der Waals surface area contributed by atoms with Crippen LogP contribution in [0.25, 0.3) is 0 Å². The fourth-order valence-electron chi connectivity index (χ4n) is 2.49. The molecule has 1 heterocycles. The SMILES string of the molecule is CCCNC(CC)C(C)Cc1cc(CC)nn1C. The smallest absolute Gasteiger partial charge is 0.0624 e. The summed E-state index contributed by atoms with van der Waals surface area (Å²) >= 11 is 0. The maximum Gasteiger partial charge on any atom is 0.0624 e. The van der Waals surface area contributed by atoms with Gasteiger partial charge in [-0.1, -0.05) is 27.7 Å². The summed E-state index contributed by atoms with van der Waals surface area (Å²) in [6.45, 7) is 10.1.